The molecule has 0 aliphatic heterocycles. The maximum absolute atomic E-state index is 10.9. The third kappa shape index (κ3) is 9.67. The van der Waals surface area contributed by atoms with Crippen molar-refractivity contribution in [1.29, 1.82) is 0 Å². The van der Waals surface area contributed by atoms with Crippen LogP contribution in [0.5, 0.6) is 0 Å². The van der Waals surface area contributed by atoms with Crippen LogP contribution in [0.15, 0.2) is 0 Å². The molecule has 0 aliphatic carbocycles. The lowest BCUT2D eigenvalue weighted by Gasteiger charge is -2.07. The van der Waals surface area contributed by atoms with Crippen LogP contribution in [0.4, 0.5) is 9.59 Å². The summed E-state index contributed by atoms with van der Waals surface area (Å²) in [4.78, 5) is 21.7. The SMILES string of the molecule is O=C(NCCCl)OCCOC(=O)NCCCl. The molecule has 8 heteroatoms. The molecule has 0 bridgehead atoms. The zero-order valence-corrected chi connectivity index (χ0v) is 10.1. The molecule has 0 radical (unpaired) electrons. The second kappa shape index (κ2) is 10.6. The van der Waals surface area contributed by atoms with Crippen molar-refractivity contribution in [2.75, 3.05) is 38.1 Å². The van der Waals surface area contributed by atoms with Crippen LogP contribution in [0.3, 0.4) is 0 Å². The highest BCUT2D eigenvalue weighted by Gasteiger charge is 2.02. The first kappa shape index (κ1) is 15.1. The van der Waals surface area contributed by atoms with Gasteiger partial charge in [-0.25, -0.2) is 9.59 Å². The van der Waals surface area contributed by atoms with Gasteiger partial charge in [-0.05, 0) is 0 Å². The third-order valence-electron chi connectivity index (χ3n) is 1.28. The van der Waals surface area contributed by atoms with Gasteiger partial charge in [-0.2, -0.15) is 0 Å². The number of halogens is 2. The highest BCUT2D eigenvalue weighted by molar-refractivity contribution is 6.18. The predicted octanol–water partition coefficient (Wildman–Crippen LogP) is 0.916. The van der Waals surface area contributed by atoms with Gasteiger partial charge in [0.25, 0.3) is 0 Å². The van der Waals surface area contributed by atoms with Gasteiger partial charge in [-0.15, -0.1) is 23.2 Å². The van der Waals surface area contributed by atoms with Crippen molar-refractivity contribution in [2.45, 2.75) is 0 Å². The lowest BCUT2D eigenvalue weighted by molar-refractivity contribution is 0.0962. The quantitative estimate of drug-likeness (QED) is 0.534. The molecule has 0 spiro atoms. The Morgan fingerprint density at radius 2 is 1.25 bits per heavy atom. The minimum absolute atomic E-state index is 0.0115. The molecule has 6 nitrogen and oxygen atoms in total. The summed E-state index contributed by atoms with van der Waals surface area (Å²) in [6, 6.07) is 0. The molecule has 0 aromatic heterocycles. The van der Waals surface area contributed by atoms with Crippen molar-refractivity contribution in [2.24, 2.45) is 0 Å². The average Bonchev–Trinajstić information content (AvgIpc) is 2.29. The molecule has 0 aromatic carbocycles. The van der Waals surface area contributed by atoms with Crippen LogP contribution in [-0.2, 0) is 9.47 Å². The zero-order valence-electron chi connectivity index (χ0n) is 8.63. The van der Waals surface area contributed by atoms with Crippen molar-refractivity contribution in [1.82, 2.24) is 10.6 Å². The van der Waals surface area contributed by atoms with Gasteiger partial charge in [0.05, 0.1) is 0 Å². The third-order valence-corrected chi connectivity index (χ3v) is 1.66. The minimum Gasteiger partial charge on any atom is -0.446 e. The van der Waals surface area contributed by atoms with E-state index in [4.69, 9.17) is 23.2 Å². The minimum atomic E-state index is -0.592. The van der Waals surface area contributed by atoms with Crippen molar-refractivity contribution < 1.29 is 19.1 Å². The van der Waals surface area contributed by atoms with Crippen LogP contribution in [-0.4, -0.2) is 50.2 Å². The van der Waals surface area contributed by atoms with Gasteiger partial charge < -0.3 is 20.1 Å². The van der Waals surface area contributed by atoms with Crippen LogP contribution in [0.1, 0.15) is 0 Å². The summed E-state index contributed by atoms with van der Waals surface area (Å²) < 4.78 is 9.32. The van der Waals surface area contributed by atoms with Gasteiger partial charge >= 0.3 is 12.2 Å². The van der Waals surface area contributed by atoms with Crippen LogP contribution < -0.4 is 10.6 Å². The molecule has 0 aromatic rings. The summed E-state index contributed by atoms with van der Waals surface area (Å²) in [7, 11) is 0. The Morgan fingerprint density at radius 1 is 0.875 bits per heavy atom. The number of alkyl carbamates (subject to hydrolysis) is 2. The fourth-order valence-corrected chi connectivity index (χ4v) is 0.858. The smallest absolute Gasteiger partial charge is 0.407 e. The van der Waals surface area contributed by atoms with E-state index in [0.29, 0.717) is 24.8 Å². The van der Waals surface area contributed by atoms with Gasteiger partial charge in [0.2, 0.25) is 0 Å². The Balaban J connectivity index is 3.31. The molecule has 94 valence electrons. The van der Waals surface area contributed by atoms with Crippen LogP contribution in [0.2, 0.25) is 0 Å². The van der Waals surface area contributed by atoms with Crippen molar-refractivity contribution in [3.8, 4) is 0 Å². The average molecular weight is 273 g/mol. The number of alkyl halides is 2. The Kier molecular flexibility index (Phi) is 10.0. The maximum atomic E-state index is 10.9. The molecule has 0 unspecified atom stereocenters. The first-order valence-electron chi connectivity index (χ1n) is 4.64. The molecule has 16 heavy (non-hydrogen) atoms. The fraction of sp³-hybridized carbons (Fsp3) is 0.750. The summed E-state index contributed by atoms with van der Waals surface area (Å²) >= 11 is 10.7. The molecule has 0 saturated heterocycles. The molecule has 0 aliphatic rings. The van der Waals surface area contributed by atoms with Crippen molar-refractivity contribution >= 4 is 35.4 Å². The van der Waals surface area contributed by atoms with Crippen molar-refractivity contribution in [3.05, 3.63) is 0 Å². The molecule has 0 fully saturated rings. The molecular formula is C8H14Cl2N2O4. The van der Waals surface area contributed by atoms with E-state index in [0.717, 1.165) is 0 Å². The topological polar surface area (TPSA) is 76.7 Å². The number of nitrogens with one attached hydrogen (secondary N) is 2. The first-order chi connectivity index (χ1) is 7.70. The van der Waals surface area contributed by atoms with Crippen LogP contribution >= 0.6 is 23.2 Å². The zero-order chi connectivity index (χ0) is 12.2. The highest BCUT2D eigenvalue weighted by Crippen LogP contribution is 1.83. The number of carbonyl (C=O) groups is 2. The van der Waals surface area contributed by atoms with Gasteiger partial charge in [0.1, 0.15) is 13.2 Å². The van der Waals surface area contributed by atoms with E-state index in [2.05, 4.69) is 20.1 Å². The Hall–Kier alpha value is -0.880. The van der Waals surface area contributed by atoms with E-state index in [9.17, 15) is 9.59 Å². The van der Waals surface area contributed by atoms with Crippen molar-refractivity contribution in [3.63, 3.8) is 0 Å². The van der Waals surface area contributed by atoms with E-state index in [-0.39, 0.29) is 13.2 Å². The maximum Gasteiger partial charge on any atom is 0.407 e. The summed E-state index contributed by atoms with van der Waals surface area (Å²) in [5.41, 5.74) is 0. The van der Waals surface area contributed by atoms with Gasteiger partial charge in [0.15, 0.2) is 0 Å². The van der Waals surface area contributed by atoms with E-state index in [1.807, 2.05) is 0 Å². The van der Waals surface area contributed by atoms with Crippen LogP contribution in [0.25, 0.3) is 0 Å². The van der Waals surface area contributed by atoms with Crippen LogP contribution in [0, 0.1) is 0 Å². The highest BCUT2D eigenvalue weighted by atomic mass is 35.5. The summed E-state index contributed by atoms with van der Waals surface area (Å²) in [5, 5.41) is 4.78. The monoisotopic (exact) mass is 272 g/mol. The standard InChI is InChI=1S/C8H14Cl2N2O4/c9-1-3-11-7(13)15-5-6-16-8(14)12-4-2-10/h1-6H2,(H,11,13)(H,12,14). The molecule has 0 atom stereocenters. The molecule has 0 heterocycles. The lowest BCUT2D eigenvalue weighted by Crippen LogP contribution is -2.29. The Labute approximate surface area is 104 Å². The second-order valence-corrected chi connectivity index (χ2v) is 3.26. The van der Waals surface area contributed by atoms with E-state index < -0.39 is 12.2 Å². The Bertz CT molecular complexity index is 194. The first-order valence-corrected chi connectivity index (χ1v) is 5.70. The largest absolute Gasteiger partial charge is 0.446 e. The van der Waals surface area contributed by atoms with E-state index in [1.54, 1.807) is 0 Å². The molecule has 0 saturated carbocycles. The van der Waals surface area contributed by atoms with Gasteiger partial charge in [-0.1, -0.05) is 0 Å². The summed E-state index contributed by atoms with van der Waals surface area (Å²) in [6.45, 7) is 0.639. The number of amides is 2. The fourth-order valence-electron chi connectivity index (χ4n) is 0.669. The number of rotatable bonds is 7. The molecular weight excluding hydrogens is 259 g/mol. The number of ether oxygens (including phenoxy) is 2. The molecule has 0 rings (SSSR count). The number of carbonyl (C=O) groups excluding carboxylic acids is 2. The van der Waals surface area contributed by atoms with E-state index in [1.165, 1.54) is 0 Å². The lowest BCUT2D eigenvalue weighted by atomic mass is 10.7. The second-order valence-electron chi connectivity index (χ2n) is 2.50. The molecule has 2 N–H and O–H groups in total. The summed E-state index contributed by atoms with van der Waals surface area (Å²) in [6.07, 6.45) is -1.18. The van der Waals surface area contributed by atoms with Gasteiger partial charge in [-0.3, -0.25) is 0 Å². The predicted molar refractivity (Wildman–Crippen MR) is 60.1 cm³/mol. The normalized spacial score (nSPS) is 9.38. The summed E-state index contributed by atoms with van der Waals surface area (Å²) in [5.74, 6) is 0.624. The number of hydrogen-bond donors (Lipinski definition) is 2. The van der Waals surface area contributed by atoms with E-state index >= 15 is 0 Å². The Morgan fingerprint density at radius 3 is 1.56 bits per heavy atom. The number of hydrogen-bond acceptors (Lipinski definition) is 4. The van der Waals surface area contributed by atoms with Gasteiger partial charge in [0, 0.05) is 24.8 Å². The molecule has 2 amide bonds.